The first-order valence-electron chi connectivity index (χ1n) is 36.7. The molecule has 2 spiro atoms. The molecule has 2 aliphatic carbocycles. The standard InChI is InChI=1S/C101H63N3O2/c1-3-23-64(24-4-1)65-45-50-69(51-46-65)102(68-26-5-2-6-27-68)70-52-54-72(55-53-70)104-93-62-97-91(101(89-40-20-22-42-95(89)106-97)86-37-17-13-32-77(86)78-33-14-18-38-87(78)101)60-82(93)83-58-67(73-28-9-10-34-79(73)99(83)104)57-63-43-48-71(49-44-63)103-92-61-96-90(59-81(92)80-56-47-66-25-7-8-29-74(66)98(80)103)100(88-39-19-21-41-94(88)105-96)84-35-15-11-30-75(84)76-31-12-16-36-85(76)100/h1-56,58-62H,57H2. The number of hydrogen-bond donors (Lipinski definition) is 0. The van der Waals surface area contributed by atoms with Crippen LogP contribution in [0.3, 0.4) is 0 Å². The number of benzene rings is 17. The molecular formula is C101H63N3O2. The molecule has 106 heavy (non-hydrogen) atoms. The summed E-state index contributed by atoms with van der Waals surface area (Å²) in [5, 5.41) is 9.52. The summed E-state index contributed by atoms with van der Waals surface area (Å²) in [6.07, 6.45) is 0.702. The summed E-state index contributed by atoms with van der Waals surface area (Å²) in [6, 6.07) is 137. The highest BCUT2D eigenvalue weighted by atomic mass is 16.5. The average Bonchev–Trinajstić information content (AvgIpc) is 1.50. The highest BCUT2D eigenvalue weighted by Gasteiger charge is 2.53. The van der Waals surface area contributed by atoms with Crippen LogP contribution >= 0.6 is 0 Å². The van der Waals surface area contributed by atoms with Gasteiger partial charge in [-0.25, -0.2) is 0 Å². The van der Waals surface area contributed by atoms with Gasteiger partial charge in [-0.05, 0) is 175 Å². The molecule has 2 aliphatic heterocycles. The number of rotatable bonds is 8. The summed E-state index contributed by atoms with van der Waals surface area (Å²) < 4.78 is 19.5. The first kappa shape index (κ1) is 58.9. The lowest BCUT2D eigenvalue weighted by Gasteiger charge is -2.39. The fourth-order valence-electron chi connectivity index (χ4n) is 19.3. The summed E-state index contributed by atoms with van der Waals surface area (Å²) in [5.74, 6) is 3.46. The molecule has 4 aliphatic rings. The van der Waals surface area contributed by atoms with E-state index in [9.17, 15) is 0 Å². The first-order chi connectivity index (χ1) is 52.6. The Morgan fingerprint density at radius 1 is 0.255 bits per heavy atom. The topological polar surface area (TPSA) is 31.6 Å². The molecule has 0 atom stereocenters. The van der Waals surface area contributed by atoms with E-state index in [2.05, 4.69) is 384 Å². The van der Waals surface area contributed by atoms with Gasteiger partial charge in [-0.3, -0.25) is 0 Å². The molecule has 5 nitrogen and oxygen atoms in total. The van der Waals surface area contributed by atoms with Crippen molar-refractivity contribution in [2.45, 2.75) is 17.3 Å². The van der Waals surface area contributed by atoms with Crippen molar-refractivity contribution in [2.75, 3.05) is 4.90 Å². The lowest BCUT2D eigenvalue weighted by molar-refractivity contribution is 0.437. The van der Waals surface area contributed by atoms with E-state index in [-0.39, 0.29) is 0 Å². The maximum atomic E-state index is 7.32. The summed E-state index contributed by atoms with van der Waals surface area (Å²) in [7, 11) is 0. The molecule has 19 aromatic rings. The molecular weight excluding hydrogens is 1290 g/mol. The summed E-state index contributed by atoms with van der Waals surface area (Å²) >= 11 is 0. The van der Waals surface area contributed by atoms with E-state index < -0.39 is 10.8 Å². The molecule has 5 heteroatoms. The van der Waals surface area contributed by atoms with Crippen molar-refractivity contribution in [3.05, 3.63) is 426 Å². The van der Waals surface area contributed by atoms with Gasteiger partial charge in [0.05, 0.1) is 32.9 Å². The average molecular weight is 1350 g/mol. The minimum atomic E-state index is -0.652. The number of hydrogen-bond acceptors (Lipinski definition) is 3. The lowest BCUT2D eigenvalue weighted by atomic mass is 9.66. The summed E-state index contributed by atoms with van der Waals surface area (Å²) in [4.78, 5) is 2.35. The number of aromatic nitrogens is 2. The molecule has 17 aromatic carbocycles. The minimum Gasteiger partial charge on any atom is -0.457 e. The van der Waals surface area contributed by atoms with Crippen molar-refractivity contribution in [2.24, 2.45) is 0 Å². The Kier molecular flexibility index (Phi) is 12.4. The molecule has 494 valence electrons. The Balaban J connectivity index is 0.707. The van der Waals surface area contributed by atoms with Gasteiger partial charge in [-0.2, -0.15) is 0 Å². The van der Waals surface area contributed by atoms with Crippen molar-refractivity contribution in [3.8, 4) is 67.8 Å². The largest absolute Gasteiger partial charge is 0.457 e. The second-order valence-corrected chi connectivity index (χ2v) is 28.9. The van der Waals surface area contributed by atoms with Gasteiger partial charge in [0.15, 0.2) is 0 Å². The van der Waals surface area contributed by atoms with Gasteiger partial charge < -0.3 is 23.5 Å². The molecule has 0 N–H and O–H groups in total. The third-order valence-corrected chi connectivity index (χ3v) is 23.6. The van der Waals surface area contributed by atoms with Crippen LogP contribution in [-0.2, 0) is 17.3 Å². The number of ether oxygens (including phenoxy) is 2. The normalized spacial score (nSPS) is 13.6. The smallest absolute Gasteiger partial charge is 0.134 e. The van der Waals surface area contributed by atoms with Gasteiger partial charge in [-0.15, -0.1) is 0 Å². The monoisotopic (exact) mass is 1350 g/mol. The van der Waals surface area contributed by atoms with Gasteiger partial charge in [0, 0.05) is 95.1 Å². The Hall–Kier alpha value is -13.7. The van der Waals surface area contributed by atoms with Gasteiger partial charge in [0.2, 0.25) is 0 Å². The molecule has 0 amide bonds. The van der Waals surface area contributed by atoms with Crippen molar-refractivity contribution >= 4 is 82.2 Å². The number of para-hydroxylation sites is 3. The predicted molar refractivity (Wildman–Crippen MR) is 434 cm³/mol. The maximum absolute atomic E-state index is 7.32. The summed E-state index contributed by atoms with van der Waals surface area (Å²) in [6.45, 7) is 0. The van der Waals surface area contributed by atoms with Crippen LogP contribution in [0.1, 0.15) is 55.6 Å². The number of fused-ring (bicyclic) bond motifs is 28. The van der Waals surface area contributed by atoms with Crippen molar-refractivity contribution < 1.29 is 9.47 Å². The second kappa shape index (κ2) is 22.4. The van der Waals surface area contributed by atoms with E-state index in [1.807, 2.05) is 0 Å². The van der Waals surface area contributed by atoms with E-state index in [4.69, 9.17) is 9.47 Å². The van der Waals surface area contributed by atoms with Crippen LogP contribution in [0, 0.1) is 0 Å². The van der Waals surface area contributed by atoms with Gasteiger partial charge in [0.1, 0.15) is 23.0 Å². The SMILES string of the molecule is c1ccc(-c2ccc(N(c3ccccc3)c3ccc(-n4c5cc6c(cc5c5cc(Cc7ccc(-n8c9cc%10c(cc9c9ccc%11ccccc%11c98)C8(c9ccccc9O%10)c9ccccc9-c9ccccc98)cc7)c7ccccc7c54)C4(c5ccccc5O6)c5ccccc5-c5ccccc54)cc3)cc2)cc1. The van der Waals surface area contributed by atoms with Crippen LogP contribution < -0.4 is 14.4 Å². The minimum absolute atomic E-state index is 0.591. The zero-order valence-electron chi connectivity index (χ0n) is 57.6. The van der Waals surface area contributed by atoms with E-state index in [1.165, 1.54) is 110 Å². The molecule has 0 bridgehead atoms. The molecule has 0 saturated heterocycles. The predicted octanol–water partition coefficient (Wildman–Crippen LogP) is 25.9. The maximum Gasteiger partial charge on any atom is 0.134 e. The van der Waals surface area contributed by atoms with Crippen LogP contribution in [0.15, 0.2) is 370 Å². The Labute approximate surface area is 612 Å². The molecule has 0 saturated carbocycles. The van der Waals surface area contributed by atoms with Gasteiger partial charge >= 0.3 is 0 Å². The molecule has 0 unspecified atom stereocenters. The number of anilines is 3. The fourth-order valence-corrected chi connectivity index (χ4v) is 19.3. The molecule has 0 radical (unpaired) electrons. The highest BCUT2D eigenvalue weighted by Crippen LogP contribution is 2.65. The van der Waals surface area contributed by atoms with Crippen molar-refractivity contribution in [3.63, 3.8) is 0 Å². The van der Waals surface area contributed by atoms with E-state index >= 15 is 0 Å². The van der Waals surface area contributed by atoms with E-state index in [0.717, 1.165) is 95.6 Å². The molecule has 2 aromatic heterocycles. The van der Waals surface area contributed by atoms with E-state index in [1.54, 1.807) is 0 Å². The van der Waals surface area contributed by atoms with Crippen LogP contribution in [-0.4, -0.2) is 9.13 Å². The Bertz CT molecular complexity index is 6820. The Morgan fingerprint density at radius 2 is 0.651 bits per heavy atom. The van der Waals surface area contributed by atoms with Gasteiger partial charge in [0.25, 0.3) is 0 Å². The number of nitrogens with zero attached hydrogens (tertiary/aromatic N) is 3. The van der Waals surface area contributed by atoms with Crippen LogP contribution in [0.4, 0.5) is 17.1 Å². The first-order valence-corrected chi connectivity index (χ1v) is 36.7. The van der Waals surface area contributed by atoms with Crippen LogP contribution in [0.25, 0.3) is 110 Å². The van der Waals surface area contributed by atoms with Gasteiger partial charge in [-0.1, -0.05) is 267 Å². The lowest BCUT2D eigenvalue weighted by Crippen LogP contribution is -2.32. The van der Waals surface area contributed by atoms with E-state index in [0.29, 0.717) is 6.42 Å². The second-order valence-electron chi connectivity index (χ2n) is 28.9. The van der Waals surface area contributed by atoms with Crippen LogP contribution in [0.2, 0.25) is 0 Å². The molecule has 23 rings (SSSR count). The highest BCUT2D eigenvalue weighted by molar-refractivity contribution is 6.21. The third-order valence-electron chi connectivity index (χ3n) is 23.6. The zero-order valence-corrected chi connectivity index (χ0v) is 57.6. The molecule has 4 heterocycles. The zero-order chi connectivity index (χ0) is 69.3. The van der Waals surface area contributed by atoms with Crippen LogP contribution in [0.5, 0.6) is 23.0 Å². The molecule has 0 fully saturated rings. The quantitative estimate of drug-likeness (QED) is 0.152. The van der Waals surface area contributed by atoms with Crippen molar-refractivity contribution in [1.29, 1.82) is 0 Å². The fraction of sp³-hybridized carbons (Fsp3) is 0.0297. The third kappa shape index (κ3) is 8.14. The Morgan fingerprint density at radius 3 is 1.20 bits per heavy atom. The van der Waals surface area contributed by atoms with Crippen molar-refractivity contribution in [1.82, 2.24) is 9.13 Å². The summed E-state index contributed by atoms with van der Waals surface area (Å²) in [5.41, 5.74) is 28.2.